The molecule has 0 spiro atoms. The molecule has 0 aliphatic rings. The van der Waals surface area contributed by atoms with Crippen molar-refractivity contribution in [2.24, 2.45) is 20.5 Å². The molecule has 1 aromatic heterocycles. The van der Waals surface area contributed by atoms with Gasteiger partial charge in [-0.05, 0) is 79.2 Å². The standard InChI is InChI=1S/C33H31N10O11PS/c1-18-12-21(6-8-26(18)42-41-24-14-19(29(44)45)13-20(15-24)30(46)47)35-32-37-31(34-10-11-56(51,52)53)38-33(39-32)36-22-7-9-27(28(17-22)54-2)43-40-23-4-3-5-25(16-23)55(48,49)50/h3-9,12-17H,10-11H2,1-2H3,(H,44,45)(H,46,47)(H2,48,49,50)(H,51,52,53)(H3,34,35,36,37,38,39). The zero-order valence-corrected chi connectivity index (χ0v) is 30.8. The highest BCUT2D eigenvalue weighted by Crippen LogP contribution is 2.36. The fourth-order valence-corrected chi connectivity index (χ4v) is 5.62. The number of methoxy groups -OCH3 is 1. The second-order valence-corrected chi connectivity index (χ2v) is 14.7. The quantitative estimate of drug-likeness (QED) is 0.0321. The minimum atomic E-state index is -4.49. The number of aromatic nitrogens is 3. The van der Waals surface area contributed by atoms with E-state index in [-0.39, 0.29) is 63.6 Å². The average Bonchev–Trinajstić information content (AvgIpc) is 3.13. The summed E-state index contributed by atoms with van der Waals surface area (Å²) in [5.74, 6) is -3.08. The lowest BCUT2D eigenvalue weighted by Crippen LogP contribution is -2.17. The van der Waals surface area contributed by atoms with Crippen molar-refractivity contribution in [2.75, 3.05) is 35.4 Å². The predicted octanol–water partition coefficient (Wildman–Crippen LogP) is 6.01. The molecule has 56 heavy (non-hydrogen) atoms. The van der Waals surface area contributed by atoms with Crippen LogP contribution in [-0.2, 0) is 14.7 Å². The van der Waals surface area contributed by atoms with Crippen molar-refractivity contribution in [3.8, 4) is 5.75 Å². The zero-order valence-electron chi connectivity index (χ0n) is 29.1. The molecule has 0 fully saturated rings. The van der Waals surface area contributed by atoms with Gasteiger partial charge >= 0.3 is 19.5 Å². The van der Waals surface area contributed by atoms with Gasteiger partial charge in [-0.25, -0.2) is 9.59 Å². The monoisotopic (exact) mass is 806 g/mol. The molecule has 1 heterocycles. The van der Waals surface area contributed by atoms with Gasteiger partial charge < -0.3 is 40.7 Å². The summed E-state index contributed by atoms with van der Waals surface area (Å²) in [6, 6.07) is 18.4. The number of hydrogen-bond acceptors (Lipinski definition) is 16. The molecule has 23 heteroatoms. The SMILES string of the molecule is COc1cc(Nc2nc(NCCS(=O)(=O)O)nc(Nc3ccc(N=Nc4cc(C(=O)O)cc(C(=O)O)c4)c(C)c3)n2)ccc1N=Nc1cccc(P(=O)(O)O)c1. The molecule has 0 aliphatic carbocycles. The fraction of sp³-hybridized carbons (Fsp3) is 0.121. The number of carboxylic acid groups (broad SMARTS) is 2. The summed E-state index contributed by atoms with van der Waals surface area (Å²) in [5.41, 5.74) is 1.84. The number of ether oxygens (including phenoxy) is 1. The Morgan fingerprint density at radius 3 is 1.89 bits per heavy atom. The predicted molar refractivity (Wildman–Crippen MR) is 202 cm³/mol. The van der Waals surface area contributed by atoms with Gasteiger partial charge in [-0.3, -0.25) is 9.12 Å². The maximum absolute atomic E-state index is 11.6. The second kappa shape index (κ2) is 17.2. The Bertz CT molecular complexity index is 2500. The lowest BCUT2D eigenvalue weighted by Gasteiger charge is -2.13. The van der Waals surface area contributed by atoms with Gasteiger partial charge in [-0.1, -0.05) is 6.07 Å². The third-order valence-electron chi connectivity index (χ3n) is 7.29. The van der Waals surface area contributed by atoms with Gasteiger partial charge in [-0.2, -0.15) is 38.7 Å². The normalized spacial score (nSPS) is 11.8. The van der Waals surface area contributed by atoms with Crippen LogP contribution in [0.4, 0.5) is 52.0 Å². The van der Waals surface area contributed by atoms with E-state index < -0.39 is 35.4 Å². The number of benzene rings is 4. The Labute approximate surface area is 317 Å². The molecule has 290 valence electrons. The molecule has 21 nitrogen and oxygen atoms in total. The van der Waals surface area contributed by atoms with Crippen LogP contribution in [0.5, 0.6) is 5.75 Å². The van der Waals surface area contributed by atoms with Gasteiger partial charge in [0, 0.05) is 24.0 Å². The lowest BCUT2D eigenvalue weighted by molar-refractivity contribution is 0.0696. The summed E-state index contributed by atoms with van der Waals surface area (Å²) in [7, 11) is -7.39. The summed E-state index contributed by atoms with van der Waals surface area (Å²) >= 11 is 0. The largest absolute Gasteiger partial charge is 0.494 e. The molecule has 4 aromatic carbocycles. The van der Waals surface area contributed by atoms with Crippen molar-refractivity contribution in [3.63, 3.8) is 0 Å². The molecule has 8 N–H and O–H groups in total. The first-order chi connectivity index (χ1) is 26.4. The van der Waals surface area contributed by atoms with Gasteiger partial charge in [0.15, 0.2) is 0 Å². The van der Waals surface area contributed by atoms with Crippen LogP contribution in [0.1, 0.15) is 26.3 Å². The molecule has 0 amide bonds. The van der Waals surface area contributed by atoms with E-state index in [0.29, 0.717) is 22.6 Å². The molecule has 0 radical (unpaired) electrons. The first-order valence-corrected chi connectivity index (χ1v) is 19.1. The van der Waals surface area contributed by atoms with E-state index in [1.807, 2.05) is 0 Å². The number of nitrogens with zero attached hydrogens (tertiary/aromatic N) is 7. The summed E-state index contributed by atoms with van der Waals surface area (Å²) in [6.07, 6.45) is 0. The van der Waals surface area contributed by atoms with Crippen LogP contribution in [0.3, 0.4) is 0 Å². The maximum atomic E-state index is 11.6. The van der Waals surface area contributed by atoms with E-state index in [2.05, 4.69) is 51.4 Å². The van der Waals surface area contributed by atoms with Crippen molar-refractivity contribution in [3.05, 3.63) is 95.6 Å². The zero-order chi connectivity index (χ0) is 40.6. The van der Waals surface area contributed by atoms with Crippen molar-refractivity contribution in [2.45, 2.75) is 6.92 Å². The summed E-state index contributed by atoms with van der Waals surface area (Å²) in [4.78, 5) is 54.7. The Balaban J connectivity index is 1.38. The smallest absolute Gasteiger partial charge is 0.356 e. The van der Waals surface area contributed by atoms with Crippen LogP contribution in [0.15, 0.2) is 99.3 Å². The molecule has 0 saturated heterocycles. The highest BCUT2D eigenvalue weighted by atomic mass is 32.2. The third kappa shape index (κ3) is 11.4. The highest BCUT2D eigenvalue weighted by Gasteiger charge is 2.17. The van der Waals surface area contributed by atoms with Crippen LogP contribution < -0.4 is 26.0 Å². The molecule has 0 aliphatic heterocycles. The van der Waals surface area contributed by atoms with E-state index in [1.165, 1.54) is 43.5 Å². The minimum absolute atomic E-state index is 0.00556. The van der Waals surface area contributed by atoms with Crippen molar-refractivity contribution >= 4 is 86.9 Å². The van der Waals surface area contributed by atoms with Crippen molar-refractivity contribution in [1.29, 1.82) is 0 Å². The lowest BCUT2D eigenvalue weighted by atomic mass is 10.1. The number of rotatable bonds is 16. The molecule has 5 aromatic rings. The summed E-state index contributed by atoms with van der Waals surface area (Å²) < 4.78 is 48.8. The Morgan fingerprint density at radius 1 is 0.750 bits per heavy atom. The number of hydrogen-bond donors (Lipinski definition) is 8. The number of aryl methyl sites for hydroxylation is 1. The van der Waals surface area contributed by atoms with E-state index in [0.717, 1.165) is 6.07 Å². The van der Waals surface area contributed by atoms with E-state index in [1.54, 1.807) is 43.3 Å². The van der Waals surface area contributed by atoms with Crippen molar-refractivity contribution < 1.29 is 51.9 Å². The van der Waals surface area contributed by atoms with Crippen LogP contribution in [0.2, 0.25) is 0 Å². The highest BCUT2D eigenvalue weighted by molar-refractivity contribution is 7.85. The summed E-state index contributed by atoms with van der Waals surface area (Å²) in [6.45, 7) is 1.48. The number of carboxylic acids is 2. The average molecular weight is 807 g/mol. The third-order valence-corrected chi connectivity index (χ3v) is 8.96. The van der Waals surface area contributed by atoms with Crippen LogP contribution in [0, 0.1) is 6.92 Å². The molecule has 0 bridgehead atoms. The Morgan fingerprint density at radius 2 is 1.32 bits per heavy atom. The van der Waals surface area contributed by atoms with E-state index in [9.17, 15) is 42.6 Å². The Hall–Kier alpha value is -6.71. The maximum Gasteiger partial charge on any atom is 0.356 e. The Kier molecular flexibility index (Phi) is 12.4. The van der Waals surface area contributed by atoms with Gasteiger partial charge in [0.05, 0.1) is 46.4 Å². The topological polar surface area (TPSA) is 320 Å². The molecule has 0 atom stereocenters. The number of nitrogens with one attached hydrogen (secondary N) is 3. The van der Waals surface area contributed by atoms with Crippen LogP contribution in [-0.4, -0.2) is 79.3 Å². The molecular formula is C33H31N10O11PS. The van der Waals surface area contributed by atoms with Gasteiger partial charge in [-0.15, -0.1) is 5.11 Å². The van der Waals surface area contributed by atoms with Gasteiger partial charge in [0.25, 0.3) is 10.1 Å². The molecule has 0 saturated carbocycles. The molecule has 5 rings (SSSR count). The number of azo groups is 2. The number of anilines is 5. The number of aromatic carboxylic acids is 2. The second-order valence-electron chi connectivity index (χ2n) is 11.5. The van der Waals surface area contributed by atoms with E-state index >= 15 is 0 Å². The molecule has 0 unspecified atom stereocenters. The van der Waals surface area contributed by atoms with Crippen LogP contribution >= 0.6 is 7.60 Å². The van der Waals surface area contributed by atoms with Gasteiger partial charge in [0.2, 0.25) is 17.8 Å². The first kappa shape index (κ1) is 40.5. The van der Waals surface area contributed by atoms with E-state index in [4.69, 9.17) is 9.29 Å². The fourth-order valence-electron chi connectivity index (χ4n) is 4.68. The van der Waals surface area contributed by atoms with Crippen LogP contribution in [0.25, 0.3) is 0 Å². The van der Waals surface area contributed by atoms with Crippen molar-refractivity contribution in [1.82, 2.24) is 15.0 Å². The van der Waals surface area contributed by atoms with Gasteiger partial charge in [0.1, 0.15) is 11.4 Å². The first-order valence-electron chi connectivity index (χ1n) is 15.8. The summed E-state index contributed by atoms with van der Waals surface area (Å²) in [5, 5.41) is 43.5. The molecular weight excluding hydrogens is 775 g/mol. The minimum Gasteiger partial charge on any atom is -0.494 e. The number of carbonyl (C=O) groups is 2.